The van der Waals surface area contributed by atoms with E-state index in [9.17, 15) is 14.4 Å². The SMILES string of the molecule is C/C=C/c1ccc(OCC(=O)OC(C)C(=O)N2CCC(C(=O)OCC)CC2)c(OC)c1. The van der Waals surface area contributed by atoms with Crippen molar-refractivity contribution < 1.29 is 33.3 Å². The molecule has 2 rings (SSSR count). The van der Waals surface area contributed by atoms with Crippen LogP contribution in [0, 0.1) is 5.92 Å². The Hall–Kier alpha value is -3.03. The predicted octanol–water partition coefficient (Wildman–Crippen LogP) is 2.84. The van der Waals surface area contributed by atoms with E-state index in [0.29, 0.717) is 44.0 Å². The van der Waals surface area contributed by atoms with Gasteiger partial charge in [-0.1, -0.05) is 18.2 Å². The average Bonchev–Trinajstić information content (AvgIpc) is 2.78. The highest BCUT2D eigenvalue weighted by Gasteiger charge is 2.31. The Bertz CT molecular complexity index is 797. The van der Waals surface area contributed by atoms with E-state index in [1.165, 1.54) is 14.0 Å². The van der Waals surface area contributed by atoms with Crippen molar-refractivity contribution >= 4 is 23.9 Å². The highest BCUT2D eigenvalue weighted by molar-refractivity contribution is 5.84. The van der Waals surface area contributed by atoms with Crippen LogP contribution in [0.25, 0.3) is 6.08 Å². The van der Waals surface area contributed by atoms with E-state index in [0.717, 1.165) is 5.56 Å². The molecule has 0 N–H and O–H groups in total. The van der Waals surface area contributed by atoms with Crippen molar-refractivity contribution in [2.24, 2.45) is 5.92 Å². The largest absolute Gasteiger partial charge is 0.493 e. The number of piperidine rings is 1. The quantitative estimate of drug-likeness (QED) is 0.553. The smallest absolute Gasteiger partial charge is 0.344 e. The third-order valence-electron chi connectivity index (χ3n) is 4.97. The Morgan fingerprint density at radius 1 is 1.19 bits per heavy atom. The summed E-state index contributed by atoms with van der Waals surface area (Å²) in [5.74, 6) is -0.444. The summed E-state index contributed by atoms with van der Waals surface area (Å²) in [6.07, 6.45) is 3.97. The molecule has 1 aliphatic rings. The number of hydrogen-bond donors (Lipinski definition) is 0. The average molecular weight is 434 g/mol. The van der Waals surface area contributed by atoms with Gasteiger partial charge in [0.05, 0.1) is 19.6 Å². The lowest BCUT2D eigenvalue weighted by atomic mass is 9.97. The molecule has 0 aromatic heterocycles. The molecule has 1 aromatic rings. The van der Waals surface area contributed by atoms with Crippen LogP contribution in [0.1, 0.15) is 39.2 Å². The summed E-state index contributed by atoms with van der Waals surface area (Å²) in [5, 5.41) is 0. The van der Waals surface area contributed by atoms with Crippen LogP contribution in [0.2, 0.25) is 0 Å². The van der Waals surface area contributed by atoms with Crippen molar-refractivity contribution in [3.8, 4) is 11.5 Å². The van der Waals surface area contributed by atoms with Crippen LogP contribution in [-0.2, 0) is 23.9 Å². The fourth-order valence-corrected chi connectivity index (χ4v) is 3.37. The summed E-state index contributed by atoms with van der Waals surface area (Å²) in [5.41, 5.74) is 0.945. The molecule has 0 bridgehead atoms. The van der Waals surface area contributed by atoms with Crippen LogP contribution in [0.5, 0.6) is 11.5 Å². The van der Waals surface area contributed by atoms with Crippen molar-refractivity contribution in [2.75, 3.05) is 33.4 Å². The number of carbonyl (C=O) groups is 3. The predicted molar refractivity (Wildman–Crippen MR) is 115 cm³/mol. The number of likely N-dealkylation sites (tertiary alicyclic amines) is 1. The number of benzene rings is 1. The minimum Gasteiger partial charge on any atom is -0.493 e. The molecule has 8 nitrogen and oxygen atoms in total. The van der Waals surface area contributed by atoms with Crippen molar-refractivity contribution in [1.29, 1.82) is 0 Å². The first-order valence-corrected chi connectivity index (χ1v) is 10.5. The lowest BCUT2D eigenvalue weighted by Crippen LogP contribution is -2.45. The topological polar surface area (TPSA) is 91.4 Å². The standard InChI is InChI=1S/C23H31NO7/c1-5-7-17-8-9-19(20(14-17)28-4)30-15-21(25)31-16(3)22(26)24-12-10-18(11-13-24)23(27)29-6-2/h5,7-9,14,16,18H,6,10-13,15H2,1-4H3/b7-5+. The summed E-state index contributed by atoms with van der Waals surface area (Å²) in [6.45, 7) is 6.07. The molecule has 1 saturated heterocycles. The fraction of sp³-hybridized carbons (Fsp3) is 0.522. The second kappa shape index (κ2) is 12.0. The maximum Gasteiger partial charge on any atom is 0.344 e. The molecule has 1 amide bonds. The number of rotatable bonds is 9. The Morgan fingerprint density at radius 2 is 1.90 bits per heavy atom. The zero-order valence-electron chi connectivity index (χ0n) is 18.6. The number of methoxy groups -OCH3 is 1. The monoisotopic (exact) mass is 433 g/mol. The lowest BCUT2D eigenvalue weighted by molar-refractivity contribution is -0.162. The van der Waals surface area contributed by atoms with E-state index in [4.69, 9.17) is 18.9 Å². The van der Waals surface area contributed by atoms with Crippen LogP contribution in [0.3, 0.4) is 0 Å². The van der Waals surface area contributed by atoms with E-state index in [1.807, 2.05) is 25.1 Å². The van der Waals surface area contributed by atoms with Gasteiger partial charge in [-0.15, -0.1) is 0 Å². The van der Waals surface area contributed by atoms with E-state index >= 15 is 0 Å². The number of ether oxygens (including phenoxy) is 4. The number of allylic oxidation sites excluding steroid dienone is 1. The van der Waals surface area contributed by atoms with Gasteiger partial charge >= 0.3 is 11.9 Å². The third kappa shape index (κ3) is 7.01. The molecule has 1 heterocycles. The minimum atomic E-state index is -0.936. The summed E-state index contributed by atoms with van der Waals surface area (Å²) < 4.78 is 21.1. The van der Waals surface area contributed by atoms with Gasteiger partial charge < -0.3 is 23.8 Å². The van der Waals surface area contributed by atoms with Gasteiger partial charge in [-0.25, -0.2) is 4.79 Å². The van der Waals surface area contributed by atoms with Crippen molar-refractivity contribution in [3.63, 3.8) is 0 Å². The second-order valence-corrected chi connectivity index (χ2v) is 7.18. The van der Waals surface area contributed by atoms with Gasteiger partial charge in [0.1, 0.15) is 0 Å². The highest BCUT2D eigenvalue weighted by atomic mass is 16.6. The first-order valence-electron chi connectivity index (χ1n) is 10.5. The number of esters is 2. The van der Waals surface area contributed by atoms with Crippen LogP contribution in [0.15, 0.2) is 24.3 Å². The van der Waals surface area contributed by atoms with Gasteiger partial charge in [-0.05, 0) is 51.3 Å². The molecule has 0 saturated carbocycles. The second-order valence-electron chi connectivity index (χ2n) is 7.18. The van der Waals surface area contributed by atoms with Crippen molar-refractivity contribution in [1.82, 2.24) is 4.90 Å². The molecular formula is C23H31NO7. The van der Waals surface area contributed by atoms with Gasteiger partial charge in [0.2, 0.25) is 0 Å². The maximum atomic E-state index is 12.6. The Morgan fingerprint density at radius 3 is 2.52 bits per heavy atom. The number of hydrogen-bond acceptors (Lipinski definition) is 7. The maximum absolute atomic E-state index is 12.6. The molecule has 170 valence electrons. The zero-order valence-corrected chi connectivity index (χ0v) is 18.6. The van der Waals surface area contributed by atoms with E-state index in [2.05, 4.69) is 0 Å². The van der Waals surface area contributed by atoms with Crippen LogP contribution in [-0.4, -0.2) is 62.3 Å². The Labute approximate surface area is 183 Å². The molecule has 1 unspecified atom stereocenters. The minimum absolute atomic E-state index is 0.190. The van der Waals surface area contributed by atoms with Crippen LogP contribution >= 0.6 is 0 Å². The normalized spacial score (nSPS) is 15.4. The first-order chi connectivity index (χ1) is 14.9. The van der Waals surface area contributed by atoms with Gasteiger partial charge in [0.15, 0.2) is 24.2 Å². The Kier molecular flexibility index (Phi) is 9.37. The lowest BCUT2D eigenvalue weighted by Gasteiger charge is -2.32. The zero-order chi connectivity index (χ0) is 22.8. The molecule has 1 aromatic carbocycles. The Balaban J connectivity index is 1.82. The van der Waals surface area contributed by atoms with E-state index in [-0.39, 0.29) is 24.4 Å². The summed E-state index contributed by atoms with van der Waals surface area (Å²) in [4.78, 5) is 38.2. The van der Waals surface area contributed by atoms with Crippen molar-refractivity contribution in [2.45, 2.75) is 39.7 Å². The van der Waals surface area contributed by atoms with E-state index in [1.54, 1.807) is 24.0 Å². The van der Waals surface area contributed by atoms with Crippen molar-refractivity contribution in [3.05, 3.63) is 29.8 Å². The van der Waals surface area contributed by atoms with Gasteiger partial charge in [0, 0.05) is 13.1 Å². The first kappa shape index (κ1) is 24.2. The van der Waals surface area contributed by atoms with E-state index < -0.39 is 12.1 Å². The van der Waals surface area contributed by atoms with Gasteiger partial charge in [-0.2, -0.15) is 0 Å². The van der Waals surface area contributed by atoms with Gasteiger partial charge in [-0.3, -0.25) is 9.59 Å². The molecule has 1 fully saturated rings. The third-order valence-corrected chi connectivity index (χ3v) is 4.97. The molecule has 31 heavy (non-hydrogen) atoms. The molecule has 1 aliphatic heterocycles. The molecule has 0 spiro atoms. The molecule has 8 heteroatoms. The highest BCUT2D eigenvalue weighted by Crippen LogP contribution is 2.28. The molecule has 0 aliphatic carbocycles. The van der Waals surface area contributed by atoms with Crippen LogP contribution < -0.4 is 9.47 Å². The fourth-order valence-electron chi connectivity index (χ4n) is 3.37. The molecular weight excluding hydrogens is 402 g/mol. The number of amides is 1. The molecule has 1 atom stereocenters. The summed E-state index contributed by atoms with van der Waals surface area (Å²) in [6, 6.07) is 5.35. The number of nitrogens with zero attached hydrogens (tertiary/aromatic N) is 1. The van der Waals surface area contributed by atoms with Gasteiger partial charge in [0.25, 0.3) is 5.91 Å². The summed E-state index contributed by atoms with van der Waals surface area (Å²) in [7, 11) is 1.52. The van der Waals surface area contributed by atoms with Crippen LogP contribution in [0.4, 0.5) is 0 Å². The summed E-state index contributed by atoms with van der Waals surface area (Å²) >= 11 is 0. The molecule has 0 radical (unpaired) electrons. The number of carbonyl (C=O) groups excluding carboxylic acids is 3.